The van der Waals surface area contributed by atoms with E-state index in [1.54, 1.807) is 13.1 Å². The van der Waals surface area contributed by atoms with Crippen molar-refractivity contribution in [2.45, 2.75) is 0 Å². The second-order valence-electron chi connectivity index (χ2n) is 3.66. The molecule has 1 aromatic rings. The second kappa shape index (κ2) is 5.81. The molecular formula is C12H14FN3O2. The monoisotopic (exact) mass is 251 g/mol. The quantitative estimate of drug-likeness (QED) is 0.797. The van der Waals surface area contributed by atoms with Crippen LogP contribution < -0.4 is 11.1 Å². The van der Waals surface area contributed by atoms with Crippen molar-refractivity contribution in [3.05, 3.63) is 42.2 Å². The summed E-state index contributed by atoms with van der Waals surface area (Å²) in [6.45, 7) is 3.83. The number of amides is 3. The molecule has 0 saturated carbocycles. The molecule has 0 radical (unpaired) electrons. The van der Waals surface area contributed by atoms with Crippen LogP contribution in [0.1, 0.15) is 10.4 Å². The number of nitrogens with one attached hydrogen (secondary N) is 1. The zero-order valence-corrected chi connectivity index (χ0v) is 9.94. The summed E-state index contributed by atoms with van der Waals surface area (Å²) in [7, 11) is 1.55. The minimum atomic E-state index is -0.726. The first-order valence-electron chi connectivity index (χ1n) is 5.18. The van der Waals surface area contributed by atoms with Crippen molar-refractivity contribution < 1.29 is 14.0 Å². The largest absolute Gasteiger partial charge is 0.366 e. The van der Waals surface area contributed by atoms with Crippen molar-refractivity contribution in [1.29, 1.82) is 0 Å². The predicted molar refractivity (Wildman–Crippen MR) is 66.8 cm³/mol. The number of nitrogens with zero attached hydrogens (tertiary/aromatic N) is 1. The fourth-order valence-corrected chi connectivity index (χ4v) is 1.26. The molecule has 1 rings (SSSR count). The number of urea groups is 1. The summed E-state index contributed by atoms with van der Waals surface area (Å²) in [6, 6.07) is 3.13. The van der Waals surface area contributed by atoms with E-state index in [-0.39, 0.29) is 11.3 Å². The van der Waals surface area contributed by atoms with E-state index in [0.29, 0.717) is 6.54 Å². The molecule has 0 aliphatic carbocycles. The Morgan fingerprint density at radius 2 is 2.22 bits per heavy atom. The van der Waals surface area contributed by atoms with E-state index in [2.05, 4.69) is 11.9 Å². The Labute approximate surface area is 104 Å². The Morgan fingerprint density at radius 3 is 2.72 bits per heavy atom. The number of benzene rings is 1. The smallest absolute Gasteiger partial charge is 0.321 e. The highest BCUT2D eigenvalue weighted by Crippen LogP contribution is 2.16. The molecule has 6 heteroatoms. The van der Waals surface area contributed by atoms with Gasteiger partial charge in [0, 0.05) is 19.2 Å². The molecule has 0 atom stereocenters. The minimum absolute atomic E-state index is 0.0130. The highest BCUT2D eigenvalue weighted by molar-refractivity contribution is 5.94. The summed E-state index contributed by atoms with van der Waals surface area (Å²) in [6.07, 6.45) is 1.55. The Bertz CT molecular complexity index is 488. The van der Waals surface area contributed by atoms with Crippen molar-refractivity contribution in [2.24, 2.45) is 5.73 Å². The average molecular weight is 251 g/mol. The lowest BCUT2D eigenvalue weighted by Gasteiger charge is -2.16. The highest BCUT2D eigenvalue weighted by atomic mass is 19.1. The first-order chi connectivity index (χ1) is 8.45. The number of carbonyl (C=O) groups is 2. The Hall–Kier alpha value is -2.37. The van der Waals surface area contributed by atoms with Crippen LogP contribution in [0, 0.1) is 5.82 Å². The van der Waals surface area contributed by atoms with Gasteiger partial charge in [-0.3, -0.25) is 4.79 Å². The molecule has 96 valence electrons. The third-order valence-electron chi connectivity index (χ3n) is 2.24. The number of anilines is 1. The van der Waals surface area contributed by atoms with E-state index in [0.717, 1.165) is 6.07 Å². The topological polar surface area (TPSA) is 75.4 Å². The molecule has 0 heterocycles. The molecule has 0 saturated heterocycles. The number of carbonyl (C=O) groups excluding carboxylic acids is 2. The van der Waals surface area contributed by atoms with Gasteiger partial charge in [0.15, 0.2) is 0 Å². The van der Waals surface area contributed by atoms with Gasteiger partial charge in [0.1, 0.15) is 5.82 Å². The van der Waals surface area contributed by atoms with Gasteiger partial charge in [-0.25, -0.2) is 9.18 Å². The van der Waals surface area contributed by atoms with Crippen LogP contribution in [0.2, 0.25) is 0 Å². The standard InChI is InChI=1S/C12H14FN3O2/c1-3-6-16(2)12(18)15-10-5-4-8(11(14)17)7-9(10)13/h3-5,7H,1,6H2,2H3,(H2,14,17)(H,15,18). The lowest BCUT2D eigenvalue weighted by Crippen LogP contribution is -2.31. The zero-order chi connectivity index (χ0) is 13.7. The van der Waals surface area contributed by atoms with Gasteiger partial charge < -0.3 is 16.0 Å². The molecule has 0 aromatic heterocycles. The summed E-state index contributed by atoms with van der Waals surface area (Å²) in [5.74, 6) is -1.44. The van der Waals surface area contributed by atoms with Crippen LogP contribution in [-0.4, -0.2) is 30.4 Å². The molecule has 3 amide bonds. The highest BCUT2D eigenvalue weighted by Gasteiger charge is 2.11. The maximum absolute atomic E-state index is 13.6. The lowest BCUT2D eigenvalue weighted by molar-refractivity contribution is 0.1000. The average Bonchev–Trinajstić information content (AvgIpc) is 2.31. The van der Waals surface area contributed by atoms with E-state index < -0.39 is 17.8 Å². The van der Waals surface area contributed by atoms with Crippen molar-refractivity contribution in [2.75, 3.05) is 18.9 Å². The van der Waals surface area contributed by atoms with Gasteiger partial charge in [-0.15, -0.1) is 6.58 Å². The van der Waals surface area contributed by atoms with Crippen LogP contribution in [0.3, 0.4) is 0 Å². The number of rotatable bonds is 4. The van der Waals surface area contributed by atoms with Gasteiger partial charge in [-0.2, -0.15) is 0 Å². The molecule has 0 aliphatic rings. The van der Waals surface area contributed by atoms with Crippen molar-refractivity contribution in [1.82, 2.24) is 4.90 Å². The van der Waals surface area contributed by atoms with Crippen LogP contribution >= 0.6 is 0 Å². The SMILES string of the molecule is C=CCN(C)C(=O)Nc1ccc(C(N)=O)cc1F. The molecule has 3 N–H and O–H groups in total. The van der Waals surface area contributed by atoms with E-state index >= 15 is 0 Å². The van der Waals surface area contributed by atoms with Gasteiger partial charge in [0.05, 0.1) is 5.69 Å². The Morgan fingerprint density at radius 1 is 1.56 bits per heavy atom. The first-order valence-corrected chi connectivity index (χ1v) is 5.18. The van der Waals surface area contributed by atoms with E-state index in [9.17, 15) is 14.0 Å². The summed E-state index contributed by atoms with van der Waals surface area (Å²) in [5.41, 5.74) is 5.04. The molecule has 0 unspecified atom stereocenters. The van der Waals surface area contributed by atoms with Gasteiger partial charge in [0.2, 0.25) is 5.91 Å². The number of likely N-dealkylation sites (N-methyl/N-ethyl adjacent to an activating group) is 1. The number of hydrogen-bond acceptors (Lipinski definition) is 2. The summed E-state index contributed by atoms with van der Waals surface area (Å²) < 4.78 is 13.6. The van der Waals surface area contributed by atoms with Crippen molar-refractivity contribution in [3.63, 3.8) is 0 Å². The zero-order valence-electron chi connectivity index (χ0n) is 9.94. The molecule has 0 spiro atoms. The summed E-state index contributed by atoms with van der Waals surface area (Å²) in [5, 5.41) is 2.37. The maximum Gasteiger partial charge on any atom is 0.321 e. The van der Waals surface area contributed by atoms with Crippen molar-refractivity contribution >= 4 is 17.6 Å². The molecule has 5 nitrogen and oxygen atoms in total. The fourth-order valence-electron chi connectivity index (χ4n) is 1.26. The molecule has 0 aliphatic heterocycles. The Kier molecular flexibility index (Phi) is 4.42. The fraction of sp³-hybridized carbons (Fsp3) is 0.167. The van der Waals surface area contributed by atoms with E-state index in [1.165, 1.54) is 17.0 Å². The van der Waals surface area contributed by atoms with E-state index in [1.807, 2.05) is 0 Å². The molecule has 0 fully saturated rings. The molecule has 0 bridgehead atoms. The van der Waals surface area contributed by atoms with Crippen LogP contribution in [0.5, 0.6) is 0 Å². The number of primary amides is 1. The molecule has 1 aromatic carbocycles. The number of nitrogens with two attached hydrogens (primary N) is 1. The van der Waals surface area contributed by atoms with Gasteiger partial charge >= 0.3 is 6.03 Å². The molecule has 18 heavy (non-hydrogen) atoms. The van der Waals surface area contributed by atoms with E-state index in [4.69, 9.17) is 5.73 Å². The summed E-state index contributed by atoms with van der Waals surface area (Å²) >= 11 is 0. The predicted octanol–water partition coefficient (Wildman–Crippen LogP) is 1.57. The van der Waals surface area contributed by atoms with Crippen molar-refractivity contribution in [3.8, 4) is 0 Å². The Balaban J connectivity index is 2.82. The lowest BCUT2D eigenvalue weighted by atomic mass is 10.2. The van der Waals surface area contributed by atoms with Crippen LogP contribution in [0.25, 0.3) is 0 Å². The van der Waals surface area contributed by atoms with Gasteiger partial charge in [-0.1, -0.05) is 6.08 Å². The number of hydrogen-bond donors (Lipinski definition) is 2. The maximum atomic E-state index is 13.6. The second-order valence-corrected chi connectivity index (χ2v) is 3.66. The number of halogens is 1. The first kappa shape index (κ1) is 13.7. The molecular weight excluding hydrogens is 237 g/mol. The van der Waals surface area contributed by atoms with Crippen LogP contribution in [0.4, 0.5) is 14.9 Å². The van der Waals surface area contributed by atoms with Gasteiger partial charge in [-0.05, 0) is 18.2 Å². The summed E-state index contributed by atoms with van der Waals surface area (Å²) in [4.78, 5) is 23.7. The third-order valence-corrected chi connectivity index (χ3v) is 2.24. The van der Waals surface area contributed by atoms with Crippen LogP contribution in [-0.2, 0) is 0 Å². The minimum Gasteiger partial charge on any atom is -0.366 e. The van der Waals surface area contributed by atoms with Crippen LogP contribution in [0.15, 0.2) is 30.9 Å². The normalized spacial score (nSPS) is 9.67. The van der Waals surface area contributed by atoms with Gasteiger partial charge in [0.25, 0.3) is 0 Å². The third kappa shape index (κ3) is 3.31.